The molecule has 0 bridgehead atoms. The van der Waals surface area contributed by atoms with Gasteiger partial charge in [-0.3, -0.25) is 19.2 Å². The van der Waals surface area contributed by atoms with Crippen LogP contribution < -0.4 is 16.2 Å². The van der Waals surface area contributed by atoms with Crippen molar-refractivity contribution >= 4 is 29.2 Å². The zero-order chi connectivity index (χ0) is 21.2. The summed E-state index contributed by atoms with van der Waals surface area (Å²) in [5.41, 5.74) is 0.554. The lowest BCUT2D eigenvalue weighted by atomic mass is 9.75. The zero-order valence-corrected chi connectivity index (χ0v) is 17.0. The summed E-state index contributed by atoms with van der Waals surface area (Å²) < 4.78 is 0. The molecule has 0 atom stereocenters. The Morgan fingerprint density at radius 1 is 1.03 bits per heavy atom. The Hall–Kier alpha value is -2.93. The molecule has 8 heteroatoms. The maximum absolute atomic E-state index is 12.4. The van der Waals surface area contributed by atoms with E-state index in [4.69, 9.17) is 11.6 Å². The summed E-state index contributed by atoms with van der Waals surface area (Å²) >= 11 is 5.79. The van der Waals surface area contributed by atoms with Crippen molar-refractivity contribution in [3.05, 3.63) is 68.1 Å². The number of Topliss-reactive ketones (excluding diaryl/α,β-unsaturated/α-hetero) is 1. The van der Waals surface area contributed by atoms with Crippen molar-refractivity contribution in [3.8, 4) is 0 Å². The molecule has 0 fully saturated rings. The second-order valence-electron chi connectivity index (χ2n) is 7.86. The van der Waals surface area contributed by atoms with E-state index in [1.165, 1.54) is 6.07 Å². The van der Waals surface area contributed by atoms with Gasteiger partial charge in [-0.15, -0.1) is 0 Å². The minimum absolute atomic E-state index is 0.0863. The van der Waals surface area contributed by atoms with Gasteiger partial charge in [0.25, 0.3) is 17.4 Å². The number of carbonyl (C=O) groups is 3. The molecule has 3 rings (SSSR count). The maximum Gasteiger partial charge on any atom is 0.261 e. The van der Waals surface area contributed by atoms with Gasteiger partial charge in [-0.1, -0.05) is 25.4 Å². The quantitative estimate of drug-likeness (QED) is 0.651. The van der Waals surface area contributed by atoms with Crippen LogP contribution in [-0.4, -0.2) is 35.7 Å². The lowest BCUT2D eigenvalue weighted by Crippen LogP contribution is -2.38. The number of H-pyrrole nitrogens is 1. The number of halogens is 1. The van der Waals surface area contributed by atoms with Gasteiger partial charge >= 0.3 is 0 Å². The van der Waals surface area contributed by atoms with Crippen molar-refractivity contribution < 1.29 is 14.4 Å². The van der Waals surface area contributed by atoms with Crippen LogP contribution in [0.2, 0.25) is 5.02 Å². The largest absolute Gasteiger partial charge is 0.350 e. The van der Waals surface area contributed by atoms with E-state index >= 15 is 0 Å². The number of amides is 2. The number of ketones is 1. The van der Waals surface area contributed by atoms with Crippen molar-refractivity contribution in [1.29, 1.82) is 0 Å². The van der Waals surface area contributed by atoms with Crippen LogP contribution >= 0.6 is 11.6 Å². The third-order valence-corrected chi connectivity index (χ3v) is 5.02. The van der Waals surface area contributed by atoms with Gasteiger partial charge < -0.3 is 15.6 Å². The molecule has 1 aliphatic rings. The van der Waals surface area contributed by atoms with Crippen LogP contribution in [0.4, 0.5) is 0 Å². The van der Waals surface area contributed by atoms with Crippen molar-refractivity contribution in [2.24, 2.45) is 5.41 Å². The van der Waals surface area contributed by atoms with Crippen LogP contribution in [0.25, 0.3) is 0 Å². The first kappa shape index (κ1) is 20.8. The molecule has 2 aromatic rings. The smallest absolute Gasteiger partial charge is 0.261 e. The number of hydrogen-bond acceptors (Lipinski definition) is 4. The molecule has 0 spiro atoms. The summed E-state index contributed by atoms with van der Waals surface area (Å²) in [5, 5.41) is 5.79. The fourth-order valence-corrected chi connectivity index (χ4v) is 3.47. The molecule has 3 N–H and O–H groups in total. The van der Waals surface area contributed by atoms with Crippen LogP contribution in [0.1, 0.15) is 57.0 Å². The monoisotopic (exact) mass is 415 g/mol. The number of aromatic amines is 1. The number of nitrogens with one attached hydrogen (secondary N) is 3. The summed E-state index contributed by atoms with van der Waals surface area (Å²) in [6, 6.07) is 7.79. The SMILES string of the molecule is CC1(C)CC(=O)c2cc(C(=O)NCCNC(=O)c3ccc(Cl)cc3)c(=O)[nH]c2C1. The number of pyridine rings is 1. The fourth-order valence-electron chi connectivity index (χ4n) is 3.35. The van der Waals surface area contributed by atoms with Crippen molar-refractivity contribution in [2.45, 2.75) is 26.7 Å². The highest BCUT2D eigenvalue weighted by Crippen LogP contribution is 2.33. The van der Waals surface area contributed by atoms with E-state index in [9.17, 15) is 19.2 Å². The molecule has 1 aromatic heterocycles. The van der Waals surface area contributed by atoms with Gasteiger partial charge in [0.05, 0.1) is 0 Å². The summed E-state index contributed by atoms with van der Waals surface area (Å²) in [4.78, 5) is 51.7. The summed E-state index contributed by atoms with van der Waals surface area (Å²) in [6.45, 7) is 4.25. The van der Waals surface area contributed by atoms with Gasteiger partial charge in [0.1, 0.15) is 5.56 Å². The molecule has 29 heavy (non-hydrogen) atoms. The van der Waals surface area contributed by atoms with E-state index in [0.29, 0.717) is 34.7 Å². The molecular weight excluding hydrogens is 394 g/mol. The third-order valence-electron chi connectivity index (χ3n) is 4.76. The molecule has 0 radical (unpaired) electrons. The van der Waals surface area contributed by atoms with Crippen molar-refractivity contribution in [1.82, 2.24) is 15.6 Å². The van der Waals surface area contributed by atoms with Gasteiger partial charge in [-0.25, -0.2) is 0 Å². The first-order valence-electron chi connectivity index (χ1n) is 9.28. The predicted molar refractivity (Wildman–Crippen MR) is 110 cm³/mol. The highest BCUT2D eigenvalue weighted by molar-refractivity contribution is 6.30. The maximum atomic E-state index is 12.4. The Balaban J connectivity index is 1.59. The second-order valence-corrected chi connectivity index (χ2v) is 8.30. The summed E-state index contributed by atoms with van der Waals surface area (Å²) in [5.74, 6) is -0.972. The van der Waals surface area contributed by atoms with E-state index in [1.807, 2.05) is 13.8 Å². The molecule has 152 valence electrons. The molecule has 0 aliphatic heterocycles. The predicted octanol–water partition coefficient (Wildman–Crippen LogP) is 2.34. The topological polar surface area (TPSA) is 108 Å². The van der Waals surface area contributed by atoms with E-state index in [0.717, 1.165) is 0 Å². The highest BCUT2D eigenvalue weighted by Gasteiger charge is 2.32. The van der Waals surface area contributed by atoms with Gasteiger partial charge in [-0.05, 0) is 42.2 Å². The molecule has 2 amide bonds. The summed E-state index contributed by atoms with van der Waals surface area (Å²) in [7, 11) is 0. The Kier molecular flexibility index (Phi) is 5.88. The third kappa shape index (κ3) is 4.92. The molecule has 0 unspecified atom stereocenters. The number of fused-ring (bicyclic) bond motifs is 1. The summed E-state index contributed by atoms with van der Waals surface area (Å²) in [6.07, 6.45) is 0.936. The Morgan fingerprint density at radius 3 is 2.31 bits per heavy atom. The van der Waals surface area contributed by atoms with Gasteiger partial charge in [0.2, 0.25) is 0 Å². The molecule has 1 aromatic carbocycles. The van der Waals surface area contributed by atoms with E-state index in [2.05, 4.69) is 15.6 Å². The lowest BCUT2D eigenvalue weighted by Gasteiger charge is -2.29. The van der Waals surface area contributed by atoms with Gasteiger partial charge in [-0.2, -0.15) is 0 Å². The van der Waals surface area contributed by atoms with Crippen LogP contribution in [0.15, 0.2) is 35.1 Å². The normalized spacial score (nSPS) is 14.8. The first-order chi connectivity index (χ1) is 13.7. The Labute approximate surface area is 172 Å². The minimum atomic E-state index is -0.590. The molecule has 1 aliphatic carbocycles. The molecular formula is C21H22ClN3O4. The number of carbonyl (C=O) groups excluding carboxylic acids is 3. The molecule has 0 saturated heterocycles. The van der Waals surface area contributed by atoms with E-state index in [1.54, 1.807) is 24.3 Å². The first-order valence-corrected chi connectivity index (χ1v) is 9.65. The van der Waals surface area contributed by atoms with Crippen LogP contribution in [0.5, 0.6) is 0 Å². The standard InChI is InChI=1S/C21H22ClN3O4/c1-21(2)10-16-14(17(26)11-21)9-15(20(29)25-16)19(28)24-8-7-23-18(27)12-3-5-13(22)6-4-12/h3-6,9H,7-8,10-11H2,1-2H3,(H,23,27)(H,24,28)(H,25,29). The number of benzene rings is 1. The number of aromatic nitrogens is 1. The second kappa shape index (κ2) is 8.21. The molecule has 7 nitrogen and oxygen atoms in total. The number of hydrogen-bond donors (Lipinski definition) is 3. The minimum Gasteiger partial charge on any atom is -0.350 e. The van der Waals surface area contributed by atoms with Crippen LogP contribution in [0, 0.1) is 5.41 Å². The van der Waals surface area contributed by atoms with Crippen LogP contribution in [0.3, 0.4) is 0 Å². The molecule has 1 heterocycles. The average molecular weight is 416 g/mol. The Bertz CT molecular complexity index is 1030. The van der Waals surface area contributed by atoms with E-state index in [-0.39, 0.29) is 35.8 Å². The van der Waals surface area contributed by atoms with Gasteiger partial charge in [0, 0.05) is 41.4 Å². The number of rotatable bonds is 5. The Morgan fingerprint density at radius 2 is 1.66 bits per heavy atom. The lowest BCUT2D eigenvalue weighted by molar-refractivity contribution is 0.0907. The fraction of sp³-hybridized carbons (Fsp3) is 0.333. The molecule has 0 saturated carbocycles. The van der Waals surface area contributed by atoms with Gasteiger partial charge in [0.15, 0.2) is 5.78 Å². The average Bonchev–Trinajstić information content (AvgIpc) is 2.64. The van der Waals surface area contributed by atoms with Crippen LogP contribution in [-0.2, 0) is 6.42 Å². The zero-order valence-electron chi connectivity index (χ0n) is 16.2. The van der Waals surface area contributed by atoms with Crippen molar-refractivity contribution in [2.75, 3.05) is 13.1 Å². The highest BCUT2D eigenvalue weighted by atomic mass is 35.5. The van der Waals surface area contributed by atoms with Crippen molar-refractivity contribution in [3.63, 3.8) is 0 Å². The van der Waals surface area contributed by atoms with E-state index < -0.39 is 11.5 Å².